The van der Waals surface area contributed by atoms with Gasteiger partial charge in [-0.15, -0.1) is 0 Å². The van der Waals surface area contributed by atoms with Gasteiger partial charge in [-0.1, -0.05) is 12.1 Å². The summed E-state index contributed by atoms with van der Waals surface area (Å²) < 4.78 is 5.03. The van der Waals surface area contributed by atoms with Crippen molar-refractivity contribution in [1.82, 2.24) is 25.4 Å². The molecule has 2 saturated heterocycles. The van der Waals surface area contributed by atoms with E-state index in [1.165, 1.54) is 12.8 Å². The molecule has 8 heteroatoms. The Morgan fingerprint density at radius 3 is 2.52 bits per heavy atom. The van der Waals surface area contributed by atoms with Crippen LogP contribution in [0.2, 0.25) is 0 Å². The molecule has 0 aromatic carbocycles. The normalized spacial score (nSPS) is 18.4. The van der Waals surface area contributed by atoms with E-state index in [0.29, 0.717) is 18.5 Å². The second-order valence-electron chi connectivity index (χ2n) is 7.44. The van der Waals surface area contributed by atoms with Crippen LogP contribution in [-0.2, 0) is 13.0 Å². The number of nitrogens with zero attached hydrogens (tertiary/aromatic N) is 6. The van der Waals surface area contributed by atoms with Crippen molar-refractivity contribution in [3.05, 3.63) is 23.5 Å². The van der Waals surface area contributed by atoms with E-state index >= 15 is 0 Å². The van der Waals surface area contributed by atoms with Crippen LogP contribution in [0.4, 0.5) is 11.8 Å². The molecule has 0 atom stereocenters. The van der Waals surface area contributed by atoms with Crippen molar-refractivity contribution in [3.8, 4) is 0 Å². The van der Waals surface area contributed by atoms with Crippen molar-refractivity contribution < 1.29 is 4.52 Å². The molecule has 0 amide bonds. The molecule has 0 bridgehead atoms. The molecule has 2 fully saturated rings. The SMILES string of the molecule is CCc1cc(N2CCC(NCc3noc(C)n3)CC2)nc(N2CCCC2)n1. The molecular formula is C19H29N7O. The van der Waals surface area contributed by atoms with Gasteiger partial charge in [0, 0.05) is 50.9 Å². The van der Waals surface area contributed by atoms with E-state index in [4.69, 9.17) is 14.5 Å². The molecule has 1 N–H and O–H groups in total. The number of rotatable bonds is 6. The molecule has 0 radical (unpaired) electrons. The highest BCUT2D eigenvalue weighted by Gasteiger charge is 2.23. The van der Waals surface area contributed by atoms with Crippen molar-refractivity contribution >= 4 is 11.8 Å². The lowest BCUT2D eigenvalue weighted by Gasteiger charge is -2.33. The minimum atomic E-state index is 0.477. The van der Waals surface area contributed by atoms with E-state index in [0.717, 1.165) is 68.7 Å². The van der Waals surface area contributed by atoms with E-state index in [1.807, 2.05) is 6.92 Å². The highest BCUT2D eigenvalue weighted by atomic mass is 16.5. The van der Waals surface area contributed by atoms with Crippen LogP contribution in [0.15, 0.2) is 10.6 Å². The molecule has 0 aliphatic carbocycles. The Morgan fingerprint density at radius 1 is 1.07 bits per heavy atom. The summed E-state index contributed by atoms with van der Waals surface area (Å²) in [6.45, 7) is 8.80. The van der Waals surface area contributed by atoms with Crippen LogP contribution in [0.25, 0.3) is 0 Å². The van der Waals surface area contributed by atoms with Crippen LogP contribution in [-0.4, -0.2) is 52.3 Å². The van der Waals surface area contributed by atoms with Crippen molar-refractivity contribution in [2.75, 3.05) is 36.0 Å². The number of hydrogen-bond donors (Lipinski definition) is 1. The van der Waals surface area contributed by atoms with Crippen LogP contribution in [0.3, 0.4) is 0 Å². The Labute approximate surface area is 160 Å². The number of aryl methyl sites for hydroxylation is 2. The molecule has 27 heavy (non-hydrogen) atoms. The van der Waals surface area contributed by atoms with Gasteiger partial charge in [0.1, 0.15) is 5.82 Å². The fourth-order valence-corrected chi connectivity index (χ4v) is 3.83. The highest BCUT2D eigenvalue weighted by molar-refractivity contribution is 5.47. The largest absolute Gasteiger partial charge is 0.356 e. The second-order valence-corrected chi connectivity index (χ2v) is 7.44. The minimum Gasteiger partial charge on any atom is -0.356 e. The number of anilines is 2. The summed E-state index contributed by atoms with van der Waals surface area (Å²) in [4.78, 5) is 18.6. The van der Waals surface area contributed by atoms with Crippen LogP contribution in [0, 0.1) is 6.92 Å². The fraction of sp³-hybridized carbons (Fsp3) is 0.684. The van der Waals surface area contributed by atoms with Gasteiger partial charge in [0.05, 0.1) is 6.54 Å². The maximum Gasteiger partial charge on any atom is 0.227 e. The predicted molar refractivity (Wildman–Crippen MR) is 104 cm³/mol. The molecular weight excluding hydrogens is 342 g/mol. The molecule has 2 aliphatic rings. The van der Waals surface area contributed by atoms with Crippen LogP contribution < -0.4 is 15.1 Å². The quantitative estimate of drug-likeness (QED) is 0.826. The minimum absolute atomic E-state index is 0.477. The van der Waals surface area contributed by atoms with Gasteiger partial charge < -0.3 is 19.6 Å². The zero-order chi connectivity index (χ0) is 18.6. The van der Waals surface area contributed by atoms with Crippen molar-refractivity contribution in [2.24, 2.45) is 0 Å². The van der Waals surface area contributed by atoms with Gasteiger partial charge in [0.2, 0.25) is 11.8 Å². The number of piperidine rings is 1. The van der Waals surface area contributed by atoms with Crippen LogP contribution >= 0.6 is 0 Å². The smallest absolute Gasteiger partial charge is 0.227 e. The van der Waals surface area contributed by atoms with E-state index in [-0.39, 0.29) is 0 Å². The summed E-state index contributed by atoms with van der Waals surface area (Å²) in [5, 5.41) is 7.50. The average Bonchev–Trinajstić information content (AvgIpc) is 3.38. The number of aromatic nitrogens is 4. The maximum atomic E-state index is 5.03. The highest BCUT2D eigenvalue weighted by Crippen LogP contribution is 2.24. The first kappa shape index (κ1) is 18.2. The summed E-state index contributed by atoms with van der Waals surface area (Å²) in [6.07, 6.45) is 5.60. The first-order valence-corrected chi connectivity index (χ1v) is 10.1. The molecule has 8 nitrogen and oxygen atoms in total. The molecule has 2 aromatic rings. The zero-order valence-electron chi connectivity index (χ0n) is 16.3. The average molecular weight is 371 g/mol. The Morgan fingerprint density at radius 2 is 1.85 bits per heavy atom. The third kappa shape index (κ3) is 4.37. The lowest BCUT2D eigenvalue weighted by molar-refractivity contribution is 0.375. The molecule has 2 aromatic heterocycles. The Hall–Kier alpha value is -2.22. The van der Waals surface area contributed by atoms with Gasteiger partial charge in [-0.25, -0.2) is 4.98 Å². The van der Waals surface area contributed by atoms with Crippen molar-refractivity contribution in [3.63, 3.8) is 0 Å². The fourth-order valence-electron chi connectivity index (χ4n) is 3.83. The first-order valence-electron chi connectivity index (χ1n) is 10.1. The molecule has 0 saturated carbocycles. The summed E-state index contributed by atoms with van der Waals surface area (Å²) in [7, 11) is 0. The number of hydrogen-bond acceptors (Lipinski definition) is 8. The molecule has 4 rings (SSSR count). The first-order chi connectivity index (χ1) is 13.2. The summed E-state index contributed by atoms with van der Waals surface area (Å²) >= 11 is 0. The Kier molecular flexibility index (Phi) is 5.52. The molecule has 146 valence electrons. The zero-order valence-corrected chi connectivity index (χ0v) is 16.3. The summed E-state index contributed by atoms with van der Waals surface area (Å²) in [6, 6.07) is 2.64. The van der Waals surface area contributed by atoms with Gasteiger partial charge in [-0.3, -0.25) is 0 Å². The third-order valence-corrected chi connectivity index (χ3v) is 5.44. The lowest BCUT2D eigenvalue weighted by atomic mass is 10.0. The van der Waals surface area contributed by atoms with Crippen LogP contribution in [0.1, 0.15) is 50.0 Å². The maximum absolute atomic E-state index is 5.03. The molecule has 0 spiro atoms. The van der Waals surface area contributed by atoms with Gasteiger partial charge in [0.15, 0.2) is 5.82 Å². The predicted octanol–water partition coefficient (Wildman–Crippen LogP) is 2.09. The van der Waals surface area contributed by atoms with E-state index in [9.17, 15) is 0 Å². The third-order valence-electron chi connectivity index (χ3n) is 5.44. The summed E-state index contributed by atoms with van der Waals surface area (Å²) in [5.74, 6) is 3.34. The second kappa shape index (κ2) is 8.21. The van der Waals surface area contributed by atoms with E-state index in [1.54, 1.807) is 0 Å². The Bertz CT molecular complexity index is 748. The molecule has 2 aliphatic heterocycles. The van der Waals surface area contributed by atoms with E-state index in [2.05, 4.69) is 38.2 Å². The standard InChI is InChI=1S/C19H29N7O/c1-3-15-12-18(23-19(22-15)26-8-4-5-9-26)25-10-6-16(7-11-25)20-13-17-21-14(2)27-24-17/h12,16,20H,3-11,13H2,1-2H3. The van der Waals surface area contributed by atoms with Gasteiger partial charge in [-0.2, -0.15) is 9.97 Å². The van der Waals surface area contributed by atoms with Gasteiger partial charge >= 0.3 is 0 Å². The van der Waals surface area contributed by atoms with E-state index < -0.39 is 0 Å². The van der Waals surface area contributed by atoms with Gasteiger partial charge in [-0.05, 0) is 32.1 Å². The lowest BCUT2D eigenvalue weighted by Crippen LogP contribution is -2.43. The van der Waals surface area contributed by atoms with Crippen molar-refractivity contribution in [2.45, 2.75) is 58.5 Å². The van der Waals surface area contributed by atoms with Crippen LogP contribution in [0.5, 0.6) is 0 Å². The van der Waals surface area contributed by atoms with Gasteiger partial charge in [0.25, 0.3) is 0 Å². The Balaban J connectivity index is 1.36. The number of nitrogens with one attached hydrogen (secondary N) is 1. The topological polar surface area (TPSA) is 83.2 Å². The van der Waals surface area contributed by atoms with Crippen molar-refractivity contribution in [1.29, 1.82) is 0 Å². The monoisotopic (exact) mass is 371 g/mol. The summed E-state index contributed by atoms with van der Waals surface area (Å²) in [5.41, 5.74) is 1.13. The molecule has 0 unspecified atom stereocenters. The molecule has 4 heterocycles.